The van der Waals surface area contributed by atoms with Crippen molar-refractivity contribution in [2.45, 2.75) is 57.8 Å². The number of nitrogens with zero attached hydrogens (tertiary/aromatic N) is 1. The molecule has 1 amide bonds. The number of nitrogens with two attached hydrogens (primary N) is 1. The smallest absolute Gasteiger partial charge is 0.252 e. The third kappa shape index (κ3) is 4.93. The van der Waals surface area contributed by atoms with Crippen LogP contribution in [0, 0.1) is 0 Å². The first-order chi connectivity index (χ1) is 10.7. The molecule has 0 saturated carbocycles. The molecule has 1 aromatic rings. The summed E-state index contributed by atoms with van der Waals surface area (Å²) < 4.78 is 5.81. The number of hydrogen-bond donors (Lipinski definition) is 1. The summed E-state index contributed by atoms with van der Waals surface area (Å²) in [5.41, 5.74) is 6.85. The van der Waals surface area contributed by atoms with Crippen LogP contribution in [0.2, 0.25) is 0 Å². The molecular weight excluding hydrogens is 312 g/mol. The number of carbonyl (C=O) groups excluding carboxylic acids is 1. The Kier molecular flexibility index (Phi) is 8.59. The van der Waals surface area contributed by atoms with E-state index < -0.39 is 0 Å². The van der Waals surface area contributed by atoms with Gasteiger partial charge in [0.15, 0.2) is 0 Å². The lowest BCUT2D eigenvalue weighted by molar-refractivity contribution is -0.145. The van der Waals surface area contributed by atoms with E-state index in [0.29, 0.717) is 6.54 Å². The predicted molar refractivity (Wildman–Crippen MR) is 95.7 cm³/mol. The van der Waals surface area contributed by atoms with Gasteiger partial charge in [0.25, 0.3) is 5.91 Å². The SMILES string of the molecule is CCCN(C(=O)[C@@H]1CC[C@H](CN)O1)C(CC)c1ccccc1.Cl. The van der Waals surface area contributed by atoms with Crippen LogP contribution in [0.4, 0.5) is 0 Å². The van der Waals surface area contributed by atoms with Crippen LogP contribution < -0.4 is 5.73 Å². The first kappa shape index (κ1) is 19.9. The Morgan fingerprint density at radius 2 is 2.00 bits per heavy atom. The van der Waals surface area contributed by atoms with Crippen molar-refractivity contribution in [3.63, 3.8) is 0 Å². The molecule has 0 aromatic heterocycles. The Bertz CT molecular complexity index is 469. The summed E-state index contributed by atoms with van der Waals surface area (Å²) in [7, 11) is 0. The molecule has 0 aliphatic carbocycles. The molecule has 1 fully saturated rings. The molecule has 1 unspecified atom stereocenters. The lowest BCUT2D eigenvalue weighted by atomic mass is 10.0. The second-order valence-corrected chi connectivity index (χ2v) is 5.93. The molecular formula is C18H29ClN2O2. The number of ether oxygens (including phenoxy) is 1. The molecule has 0 radical (unpaired) electrons. The molecule has 4 nitrogen and oxygen atoms in total. The zero-order chi connectivity index (χ0) is 15.9. The Hall–Kier alpha value is -1.10. The van der Waals surface area contributed by atoms with Crippen LogP contribution in [0.3, 0.4) is 0 Å². The summed E-state index contributed by atoms with van der Waals surface area (Å²) in [6.07, 6.45) is 3.23. The first-order valence-corrected chi connectivity index (χ1v) is 8.42. The summed E-state index contributed by atoms with van der Waals surface area (Å²) in [4.78, 5) is 14.9. The summed E-state index contributed by atoms with van der Waals surface area (Å²) in [6.45, 7) is 5.49. The van der Waals surface area contributed by atoms with Crippen molar-refractivity contribution in [3.8, 4) is 0 Å². The minimum Gasteiger partial charge on any atom is -0.364 e. The van der Waals surface area contributed by atoms with Crippen LogP contribution in [0.15, 0.2) is 30.3 Å². The van der Waals surface area contributed by atoms with Gasteiger partial charge in [0.05, 0.1) is 12.1 Å². The molecule has 2 rings (SSSR count). The van der Waals surface area contributed by atoms with Crippen LogP contribution in [0.5, 0.6) is 0 Å². The van der Waals surface area contributed by atoms with Crippen molar-refractivity contribution in [2.24, 2.45) is 5.73 Å². The van der Waals surface area contributed by atoms with Crippen molar-refractivity contribution < 1.29 is 9.53 Å². The molecule has 1 saturated heterocycles. The number of hydrogen-bond acceptors (Lipinski definition) is 3. The van der Waals surface area contributed by atoms with Crippen LogP contribution in [-0.4, -0.2) is 36.1 Å². The zero-order valence-corrected chi connectivity index (χ0v) is 14.9. The van der Waals surface area contributed by atoms with Gasteiger partial charge in [-0.3, -0.25) is 4.79 Å². The Balaban J connectivity index is 0.00000264. The third-order valence-corrected chi connectivity index (χ3v) is 4.34. The van der Waals surface area contributed by atoms with Gasteiger partial charge in [0.2, 0.25) is 0 Å². The average molecular weight is 341 g/mol. The highest BCUT2D eigenvalue weighted by Crippen LogP contribution is 2.28. The summed E-state index contributed by atoms with van der Waals surface area (Å²) in [5.74, 6) is 0.119. The molecule has 1 heterocycles. The highest BCUT2D eigenvalue weighted by atomic mass is 35.5. The first-order valence-electron chi connectivity index (χ1n) is 8.42. The van der Waals surface area contributed by atoms with E-state index in [1.807, 2.05) is 23.1 Å². The average Bonchev–Trinajstić information content (AvgIpc) is 3.04. The van der Waals surface area contributed by atoms with Gasteiger partial charge in [-0.1, -0.05) is 44.2 Å². The monoisotopic (exact) mass is 340 g/mol. The van der Waals surface area contributed by atoms with Gasteiger partial charge in [0.1, 0.15) is 6.10 Å². The topological polar surface area (TPSA) is 55.6 Å². The van der Waals surface area contributed by atoms with Crippen LogP contribution in [-0.2, 0) is 9.53 Å². The standard InChI is InChI=1S/C18H28N2O2.ClH/c1-3-12-20(16(4-2)14-8-6-5-7-9-14)18(21)17-11-10-15(13-19)22-17;/h5-9,15-17H,3-4,10-13,19H2,1-2H3;1H/t15-,16?,17+;/m1./s1. The number of amides is 1. The van der Waals surface area contributed by atoms with Crippen LogP contribution in [0.25, 0.3) is 0 Å². The number of rotatable bonds is 7. The second-order valence-electron chi connectivity index (χ2n) is 5.93. The summed E-state index contributed by atoms with van der Waals surface area (Å²) in [6, 6.07) is 10.4. The molecule has 5 heteroatoms. The van der Waals surface area contributed by atoms with Gasteiger partial charge in [-0.15, -0.1) is 12.4 Å². The van der Waals surface area contributed by atoms with Gasteiger partial charge in [-0.25, -0.2) is 0 Å². The fourth-order valence-electron chi connectivity index (χ4n) is 3.22. The summed E-state index contributed by atoms with van der Waals surface area (Å²) >= 11 is 0. The largest absolute Gasteiger partial charge is 0.364 e. The van der Waals surface area contributed by atoms with Crippen LogP contribution in [0.1, 0.15) is 51.1 Å². The van der Waals surface area contributed by atoms with Crippen molar-refractivity contribution in [3.05, 3.63) is 35.9 Å². The van der Waals surface area contributed by atoms with Crippen molar-refractivity contribution in [1.29, 1.82) is 0 Å². The van der Waals surface area contributed by atoms with Gasteiger partial charge >= 0.3 is 0 Å². The lowest BCUT2D eigenvalue weighted by Gasteiger charge is -2.33. The Labute approximate surface area is 145 Å². The van der Waals surface area contributed by atoms with Crippen molar-refractivity contribution in [1.82, 2.24) is 4.90 Å². The number of halogens is 1. The molecule has 3 atom stereocenters. The van der Waals surface area contributed by atoms with E-state index in [0.717, 1.165) is 32.2 Å². The second kappa shape index (κ2) is 9.91. The maximum absolute atomic E-state index is 12.9. The highest BCUT2D eigenvalue weighted by molar-refractivity contribution is 5.85. The molecule has 0 bridgehead atoms. The Morgan fingerprint density at radius 3 is 2.52 bits per heavy atom. The number of benzene rings is 1. The van der Waals surface area contributed by atoms with E-state index in [2.05, 4.69) is 26.0 Å². The van der Waals surface area contributed by atoms with E-state index in [4.69, 9.17) is 10.5 Å². The van der Waals surface area contributed by atoms with E-state index in [1.54, 1.807) is 0 Å². The van der Waals surface area contributed by atoms with Gasteiger partial charge in [-0.2, -0.15) is 0 Å². The fraction of sp³-hybridized carbons (Fsp3) is 0.611. The lowest BCUT2D eigenvalue weighted by Crippen LogP contribution is -2.42. The molecule has 2 N–H and O–H groups in total. The van der Waals surface area contributed by atoms with Crippen molar-refractivity contribution in [2.75, 3.05) is 13.1 Å². The fourth-order valence-corrected chi connectivity index (χ4v) is 3.22. The van der Waals surface area contributed by atoms with Crippen LogP contribution >= 0.6 is 12.4 Å². The highest BCUT2D eigenvalue weighted by Gasteiger charge is 2.35. The predicted octanol–water partition coefficient (Wildman–Crippen LogP) is 3.30. The minimum absolute atomic E-state index is 0. The van der Waals surface area contributed by atoms with Gasteiger partial charge in [-0.05, 0) is 31.2 Å². The third-order valence-electron chi connectivity index (χ3n) is 4.34. The minimum atomic E-state index is -0.321. The maximum atomic E-state index is 12.9. The molecule has 1 aromatic carbocycles. The molecule has 130 valence electrons. The summed E-state index contributed by atoms with van der Waals surface area (Å²) in [5, 5.41) is 0. The Morgan fingerprint density at radius 1 is 1.30 bits per heavy atom. The molecule has 23 heavy (non-hydrogen) atoms. The maximum Gasteiger partial charge on any atom is 0.252 e. The van der Waals surface area contributed by atoms with Gasteiger partial charge in [0, 0.05) is 13.1 Å². The number of carbonyl (C=O) groups is 1. The van der Waals surface area contributed by atoms with E-state index in [-0.39, 0.29) is 36.6 Å². The van der Waals surface area contributed by atoms with E-state index >= 15 is 0 Å². The molecule has 0 spiro atoms. The quantitative estimate of drug-likeness (QED) is 0.828. The van der Waals surface area contributed by atoms with E-state index in [1.165, 1.54) is 5.56 Å². The molecule has 1 aliphatic rings. The van der Waals surface area contributed by atoms with Crippen molar-refractivity contribution >= 4 is 18.3 Å². The molecule has 1 aliphatic heterocycles. The van der Waals surface area contributed by atoms with E-state index in [9.17, 15) is 4.79 Å². The van der Waals surface area contributed by atoms with Gasteiger partial charge < -0.3 is 15.4 Å². The normalized spacial score (nSPS) is 21.5. The zero-order valence-electron chi connectivity index (χ0n) is 14.1.